The van der Waals surface area contributed by atoms with Crippen LogP contribution < -0.4 is 0 Å². The van der Waals surface area contributed by atoms with Gasteiger partial charge >= 0.3 is 0 Å². The molecule has 2 atom stereocenters. The zero-order valence-electron chi connectivity index (χ0n) is 15.2. The lowest BCUT2D eigenvalue weighted by Crippen LogP contribution is -2.41. The molecule has 0 bridgehead atoms. The normalized spacial score (nSPS) is 20.8. The Morgan fingerprint density at radius 1 is 1.20 bits per heavy atom. The third-order valence-electron chi connectivity index (χ3n) is 4.19. The monoisotopic (exact) mass is 350 g/mol. The highest BCUT2D eigenvalue weighted by Gasteiger charge is 2.29. The van der Waals surface area contributed by atoms with E-state index < -0.39 is 6.10 Å². The van der Waals surface area contributed by atoms with E-state index in [0.29, 0.717) is 32.2 Å². The number of aliphatic hydroxyl groups is 2. The summed E-state index contributed by atoms with van der Waals surface area (Å²) >= 11 is 0. The quantitative estimate of drug-likeness (QED) is 0.723. The second kappa shape index (κ2) is 9.87. The Balaban J connectivity index is 2.03. The average molecular weight is 350 g/mol. The fourth-order valence-electron chi connectivity index (χ4n) is 3.05. The summed E-state index contributed by atoms with van der Waals surface area (Å²) in [5, 5.41) is 18.8. The highest BCUT2D eigenvalue weighted by Crippen LogP contribution is 2.13. The van der Waals surface area contributed by atoms with Gasteiger partial charge in [-0.05, 0) is 11.5 Å². The topological polar surface area (TPSA) is 73.2 Å². The van der Waals surface area contributed by atoms with Crippen LogP contribution >= 0.6 is 0 Å². The van der Waals surface area contributed by atoms with E-state index >= 15 is 0 Å². The molecule has 1 aromatic rings. The molecule has 1 amide bonds. The lowest BCUT2D eigenvalue weighted by atomic mass is 10.2. The smallest absolute Gasteiger partial charge is 0.236 e. The molecule has 1 aliphatic rings. The van der Waals surface area contributed by atoms with Crippen molar-refractivity contribution in [2.45, 2.75) is 32.7 Å². The van der Waals surface area contributed by atoms with E-state index in [4.69, 9.17) is 9.84 Å². The van der Waals surface area contributed by atoms with Gasteiger partial charge in [0.1, 0.15) is 0 Å². The van der Waals surface area contributed by atoms with Crippen molar-refractivity contribution in [3.8, 4) is 0 Å². The van der Waals surface area contributed by atoms with Gasteiger partial charge in [0.25, 0.3) is 0 Å². The number of nitrogens with zero attached hydrogens (tertiary/aromatic N) is 2. The van der Waals surface area contributed by atoms with Crippen LogP contribution in [0.15, 0.2) is 30.3 Å². The van der Waals surface area contributed by atoms with Gasteiger partial charge in [0, 0.05) is 26.2 Å². The maximum atomic E-state index is 12.5. The van der Waals surface area contributed by atoms with Gasteiger partial charge in [0.15, 0.2) is 0 Å². The number of β-amino-alcohol motifs (C(OH)–C–C–N with tert-alkyl or cyclic N) is 1. The first kappa shape index (κ1) is 19.8. The number of ether oxygens (including phenoxy) is 1. The molecule has 1 aliphatic heterocycles. The summed E-state index contributed by atoms with van der Waals surface area (Å²) < 4.78 is 6.07. The fourth-order valence-corrected chi connectivity index (χ4v) is 3.05. The van der Waals surface area contributed by atoms with Crippen LogP contribution in [0, 0.1) is 5.92 Å². The zero-order valence-corrected chi connectivity index (χ0v) is 15.2. The molecule has 1 fully saturated rings. The second-order valence-corrected chi connectivity index (χ2v) is 7.14. The van der Waals surface area contributed by atoms with Crippen molar-refractivity contribution < 1.29 is 19.7 Å². The lowest BCUT2D eigenvalue weighted by Gasteiger charge is -2.26. The molecule has 1 aromatic carbocycles. The molecule has 0 saturated carbocycles. The van der Waals surface area contributed by atoms with Crippen molar-refractivity contribution >= 4 is 5.91 Å². The first-order chi connectivity index (χ1) is 12.0. The number of benzene rings is 1. The van der Waals surface area contributed by atoms with E-state index in [1.807, 2.05) is 40.1 Å². The van der Waals surface area contributed by atoms with Crippen LogP contribution in [-0.4, -0.2) is 77.5 Å². The predicted molar refractivity (Wildman–Crippen MR) is 96.0 cm³/mol. The van der Waals surface area contributed by atoms with E-state index in [1.54, 1.807) is 0 Å². The van der Waals surface area contributed by atoms with Crippen molar-refractivity contribution in [3.63, 3.8) is 0 Å². The summed E-state index contributed by atoms with van der Waals surface area (Å²) in [6.07, 6.45) is -0.976. The minimum absolute atomic E-state index is 0.0460. The molecular formula is C19H30N2O4. The van der Waals surface area contributed by atoms with Crippen LogP contribution in [0.25, 0.3) is 0 Å². The van der Waals surface area contributed by atoms with E-state index in [0.717, 1.165) is 5.56 Å². The summed E-state index contributed by atoms with van der Waals surface area (Å²) in [6, 6.07) is 9.95. The van der Waals surface area contributed by atoms with Gasteiger partial charge in [-0.15, -0.1) is 0 Å². The molecule has 0 radical (unpaired) electrons. The van der Waals surface area contributed by atoms with Gasteiger partial charge in [0.2, 0.25) is 5.91 Å². The molecule has 25 heavy (non-hydrogen) atoms. The summed E-state index contributed by atoms with van der Waals surface area (Å²) in [5.41, 5.74) is 1.09. The number of amides is 1. The van der Waals surface area contributed by atoms with Gasteiger partial charge in [-0.2, -0.15) is 0 Å². The van der Waals surface area contributed by atoms with E-state index in [1.165, 1.54) is 0 Å². The molecule has 0 unspecified atom stereocenters. The number of aliphatic hydroxyl groups excluding tert-OH is 2. The second-order valence-electron chi connectivity index (χ2n) is 7.14. The number of hydrogen-bond donors (Lipinski definition) is 2. The molecule has 6 nitrogen and oxygen atoms in total. The van der Waals surface area contributed by atoms with Crippen LogP contribution in [0.1, 0.15) is 19.4 Å². The first-order valence-electron chi connectivity index (χ1n) is 8.92. The van der Waals surface area contributed by atoms with Gasteiger partial charge in [-0.1, -0.05) is 44.2 Å². The Bertz CT molecular complexity index is 523. The van der Waals surface area contributed by atoms with Crippen LogP contribution in [0.5, 0.6) is 0 Å². The SMILES string of the molecule is CC(C)CN1C[C@@H](OCc2ccccc2)CN(C[C@@H](O)CO)CC1=O. The highest BCUT2D eigenvalue weighted by molar-refractivity contribution is 5.78. The predicted octanol–water partition coefficient (Wildman–Crippen LogP) is 0.725. The van der Waals surface area contributed by atoms with Crippen LogP contribution in [0.2, 0.25) is 0 Å². The largest absolute Gasteiger partial charge is 0.394 e. The molecule has 0 spiro atoms. The van der Waals surface area contributed by atoms with Gasteiger partial charge in [-0.3, -0.25) is 9.69 Å². The van der Waals surface area contributed by atoms with E-state index in [-0.39, 0.29) is 31.7 Å². The van der Waals surface area contributed by atoms with E-state index in [2.05, 4.69) is 13.8 Å². The van der Waals surface area contributed by atoms with Crippen LogP contribution in [-0.2, 0) is 16.1 Å². The number of hydrogen-bond acceptors (Lipinski definition) is 5. The third kappa shape index (κ3) is 6.74. The zero-order chi connectivity index (χ0) is 18.2. The van der Waals surface area contributed by atoms with Crippen molar-refractivity contribution in [1.82, 2.24) is 9.80 Å². The molecule has 2 N–H and O–H groups in total. The Morgan fingerprint density at radius 2 is 1.92 bits per heavy atom. The third-order valence-corrected chi connectivity index (χ3v) is 4.19. The Kier molecular flexibility index (Phi) is 7.84. The lowest BCUT2D eigenvalue weighted by molar-refractivity contribution is -0.132. The maximum Gasteiger partial charge on any atom is 0.236 e. The number of carbonyl (C=O) groups excluding carboxylic acids is 1. The van der Waals surface area contributed by atoms with E-state index in [9.17, 15) is 9.90 Å². The Hall–Kier alpha value is -1.47. The van der Waals surface area contributed by atoms with Gasteiger partial charge in [0.05, 0.1) is 32.0 Å². The average Bonchev–Trinajstić information content (AvgIpc) is 2.72. The van der Waals surface area contributed by atoms with Crippen molar-refractivity contribution in [2.75, 3.05) is 39.3 Å². The first-order valence-corrected chi connectivity index (χ1v) is 8.92. The minimum Gasteiger partial charge on any atom is -0.394 e. The minimum atomic E-state index is -0.848. The Labute approximate surface area is 150 Å². The molecule has 1 saturated heterocycles. The van der Waals surface area contributed by atoms with Crippen molar-refractivity contribution in [2.24, 2.45) is 5.92 Å². The van der Waals surface area contributed by atoms with Crippen LogP contribution in [0.4, 0.5) is 0 Å². The maximum absolute atomic E-state index is 12.5. The van der Waals surface area contributed by atoms with Crippen molar-refractivity contribution in [3.05, 3.63) is 35.9 Å². The molecule has 0 aliphatic carbocycles. The Morgan fingerprint density at radius 3 is 2.56 bits per heavy atom. The molecule has 2 rings (SSSR count). The standard InChI is InChI=1S/C19H30N2O4/c1-15(2)8-21-11-18(25-14-16-6-4-3-5-7-16)10-20(12-19(21)24)9-17(23)13-22/h3-7,15,17-18,22-23H,8-14H2,1-2H3/t17-,18+/m1/s1. The summed E-state index contributed by atoms with van der Waals surface area (Å²) in [5.74, 6) is 0.429. The molecule has 0 aromatic heterocycles. The number of rotatable bonds is 8. The van der Waals surface area contributed by atoms with Crippen LogP contribution in [0.3, 0.4) is 0 Å². The van der Waals surface area contributed by atoms with Gasteiger partial charge in [-0.25, -0.2) is 0 Å². The number of carbonyl (C=O) groups is 1. The van der Waals surface area contributed by atoms with Crippen molar-refractivity contribution in [1.29, 1.82) is 0 Å². The summed E-state index contributed by atoms with van der Waals surface area (Å²) in [6.45, 7) is 6.68. The molecule has 6 heteroatoms. The van der Waals surface area contributed by atoms with Gasteiger partial charge < -0.3 is 19.8 Å². The fraction of sp³-hybridized carbons (Fsp3) is 0.632. The molecule has 1 heterocycles. The summed E-state index contributed by atoms with van der Waals surface area (Å²) in [4.78, 5) is 16.3. The summed E-state index contributed by atoms with van der Waals surface area (Å²) in [7, 11) is 0. The highest BCUT2D eigenvalue weighted by atomic mass is 16.5. The molecule has 140 valence electrons. The molecular weight excluding hydrogens is 320 g/mol.